The normalized spacial score (nSPS) is 11.6. The van der Waals surface area contributed by atoms with Gasteiger partial charge in [0, 0.05) is 29.4 Å². The molecule has 0 aliphatic carbocycles. The Hall–Kier alpha value is -2.48. The number of benzene rings is 2. The topological polar surface area (TPSA) is 63.2 Å². The van der Waals surface area contributed by atoms with E-state index in [2.05, 4.69) is 9.97 Å². The molecule has 0 saturated carbocycles. The van der Waals surface area contributed by atoms with Gasteiger partial charge in [-0.15, -0.1) is 11.3 Å². The van der Waals surface area contributed by atoms with Crippen molar-refractivity contribution in [2.45, 2.75) is 4.90 Å². The van der Waals surface area contributed by atoms with Crippen molar-refractivity contribution in [3.05, 3.63) is 77.5 Å². The monoisotopic (exact) mass is 401 g/mol. The molecule has 0 N–H and O–H groups in total. The first-order valence-corrected chi connectivity index (χ1v) is 10.3. The van der Waals surface area contributed by atoms with Gasteiger partial charge in [0.2, 0.25) is 5.13 Å². The van der Waals surface area contributed by atoms with Crippen molar-refractivity contribution in [1.29, 1.82) is 0 Å². The minimum atomic E-state index is -3.91. The number of para-hydroxylation sites is 1. The Morgan fingerprint density at radius 2 is 1.85 bits per heavy atom. The number of pyridine rings is 1. The molecule has 0 bridgehead atoms. The van der Waals surface area contributed by atoms with Crippen molar-refractivity contribution in [3.63, 3.8) is 0 Å². The van der Waals surface area contributed by atoms with E-state index < -0.39 is 10.0 Å². The molecule has 130 valence electrons. The van der Waals surface area contributed by atoms with Crippen LogP contribution in [0.5, 0.6) is 0 Å². The Labute approximate surface area is 159 Å². The molecule has 0 spiro atoms. The summed E-state index contributed by atoms with van der Waals surface area (Å²) in [5.41, 5.74) is 0.360. The highest BCUT2D eigenvalue weighted by Gasteiger charge is 2.30. The molecular formula is C18H12ClN3O2S2. The highest BCUT2D eigenvalue weighted by atomic mass is 35.5. The molecule has 26 heavy (non-hydrogen) atoms. The van der Waals surface area contributed by atoms with Crippen LogP contribution < -0.4 is 4.31 Å². The molecule has 0 saturated heterocycles. The first-order valence-electron chi connectivity index (χ1n) is 7.60. The first kappa shape index (κ1) is 17.0. The van der Waals surface area contributed by atoms with Gasteiger partial charge >= 0.3 is 0 Å². The molecule has 0 aliphatic heterocycles. The van der Waals surface area contributed by atoms with Crippen molar-refractivity contribution >= 4 is 54.6 Å². The molecule has 0 unspecified atom stereocenters. The molecule has 0 radical (unpaired) electrons. The van der Waals surface area contributed by atoms with E-state index in [1.807, 2.05) is 0 Å². The van der Waals surface area contributed by atoms with Crippen LogP contribution >= 0.6 is 22.9 Å². The van der Waals surface area contributed by atoms with Gasteiger partial charge in [0.1, 0.15) is 0 Å². The molecule has 0 atom stereocenters. The summed E-state index contributed by atoms with van der Waals surface area (Å²) in [4.78, 5) is 8.40. The predicted molar refractivity (Wildman–Crippen MR) is 105 cm³/mol. The molecule has 2 heterocycles. The van der Waals surface area contributed by atoms with Crippen LogP contribution in [0.2, 0.25) is 5.02 Å². The summed E-state index contributed by atoms with van der Waals surface area (Å²) in [6.07, 6.45) is 4.88. The highest BCUT2D eigenvalue weighted by Crippen LogP contribution is 2.38. The summed E-state index contributed by atoms with van der Waals surface area (Å²) in [6, 6.07) is 13.5. The number of rotatable bonds is 4. The van der Waals surface area contributed by atoms with E-state index in [1.54, 1.807) is 72.5 Å². The number of aromatic nitrogens is 2. The SMILES string of the molecule is O=S(=O)(c1ccc2cnccc2c1)N(c1nccs1)c1ccccc1Cl. The van der Waals surface area contributed by atoms with E-state index in [1.165, 1.54) is 15.6 Å². The van der Waals surface area contributed by atoms with Crippen molar-refractivity contribution in [2.24, 2.45) is 0 Å². The number of hydrogen-bond donors (Lipinski definition) is 0. The molecule has 2 aromatic heterocycles. The molecule has 2 aromatic carbocycles. The van der Waals surface area contributed by atoms with E-state index in [0.717, 1.165) is 10.8 Å². The Morgan fingerprint density at radius 1 is 1.00 bits per heavy atom. The lowest BCUT2D eigenvalue weighted by Crippen LogP contribution is -2.26. The Bertz CT molecular complexity index is 1180. The van der Waals surface area contributed by atoms with Gasteiger partial charge in [-0.05, 0) is 35.7 Å². The third-order valence-corrected chi connectivity index (χ3v) is 6.71. The number of halogens is 1. The maximum absolute atomic E-state index is 13.4. The van der Waals surface area contributed by atoms with Crippen LogP contribution in [-0.2, 0) is 10.0 Å². The van der Waals surface area contributed by atoms with Gasteiger partial charge in [-0.3, -0.25) is 4.98 Å². The van der Waals surface area contributed by atoms with Crippen LogP contribution in [0.4, 0.5) is 10.8 Å². The maximum Gasteiger partial charge on any atom is 0.270 e. The van der Waals surface area contributed by atoms with Gasteiger partial charge in [-0.1, -0.05) is 29.8 Å². The summed E-state index contributed by atoms with van der Waals surface area (Å²) >= 11 is 7.51. The number of nitrogens with zero attached hydrogens (tertiary/aromatic N) is 3. The van der Waals surface area contributed by atoms with Crippen molar-refractivity contribution < 1.29 is 8.42 Å². The lowest BCUT2D eigenvalue weighted by molar-refractivity contribution is 0.596. The molecule has 4 rings (SSSR count). The van der Waals surface area contributed by atoms with Crippen molar-refractivity contribution in [2.75, 3.05) is 4.31 Å². The molecule has 4 aromatic rings. The van der Waals surface area contributed by atoms with E-state index in [9.17, 15) is 8.42 Å². The largest absolute Gasteiger partial charge is 0.270 e. The van der Waals surface area contributed by atoms with E-state index >= 15 is 0 Å². The predicted octanol–water partition coefficient (Wildman–Crippen LogP) is 4.87. The fourth-order valence-electron chi connectivity index (χ4n) is 2.60. The van der Waals surface area contributed by atoms with E-state index in [0.29, 0.717) is 15.8 Å². The molecule has 0 aliphatic rings. The minimum absolute atomic E-state index is 0.159. The maximum atomic E-state index is 13.4. The minimum Gasteiger partial charge on any atom is -0.264 e. The summed E-state index contributed by atoms with van der Waals surface area (Å²) < 4.78 is 28.1. The second kappa shape index (κ2) is 6.68. The van der Waals surface area contributed by atoms with Crippen LogP contribution in [0.3, 0.4) is 0 Å². The second-order valence-corrected chi connectivity index (χ2v) is 8.49. The fourth-order valence-corrected chi connectivity index (χ4v) is 5.25. The zero-order chi connectivity index (χ0) is 18.1. The van der Waals surface area contributed by atoms with Crippen LogP contribution in [0.25, 0.3) is 10.8 Å². The standard InChI is InChI=1S/C18H12ClN3O2S2/c19-16-3-1-2-4-17(16)22(18-21-9-10-25-18)26(23,24)15-6-5-14-12-20-8-7-13(14)11-15/h1-12H. The second-order valence-electron chi connectivity index (χ2n) is 5.42. The number of fused-ring (bicyclic) bond motifs is 1. The average Bonchev–Trinajstić information content (AvgIpc) is 3.17. The van der Waals surface area contributed by atoms with E-state index in [4.69, 9.17) is 11.6 Å². The third-order valence-electron chi connectivity index (χ3n) is 3.81. The van der Waals surface area contributed by atoms with Gasteiger partial charge in [-0.2, -0.15) is 0 Å². The number of thiazole rings is 1. The summed E-state index contributed by atoms with van der Waals surface area (Å²) in [5.74, 6) is 0. The summed E-state index contributed by atoms with van der Waals surface area (Å²) in [7, 11) is -3.91. The van der Waals surface area contributed by atoms with Gasteiger partial charge < -0.3 is 0 Å². The van der Waals surface area contributed by atoms with Crippen LogP contribution in [0.15, 0.2) is 77.4 Å². The van der Waals surface area contributed by atoms with Gasteiger partial charge in [0.05, 0.1) is 15.6 Å². The van der Waals surface area contributed by atoms with Crippen LogP contribution in [-0.4, -0.2) is 18.4 Å². The summed E-state index contributed by atoms with van der Waals surface area (Å²) in [6.45, 7) is 0. The lowest BCUT2D eigenvalue weighted by atomic mass is 10.2. The van der Waals surface area contributed by atoms with Gasteiger partial charge in [-0.25, -0.2) is 17.7 Å². The molecular weight excluding hydrogens is 390 g/mol. The van der Waals surface area contributed by atoms with Gasteiger partial charge in [0.25, 0.3) is 10.0 Å². The van der Waals surface area contributed by atoms with Crippen LogP contribution in [0, 0.1) is 0 Å². The lowest BCUT2D eigenvalue weighted by Gasteiger charge is -2.23. The average molecular weight is 402 g/mol. The highest BCUT2D eigenvalue weighted by molar-refractivity contribution is 7.93. The third kappa shape index (κ3) is 2.94. The van der Waals surface area contributed by atoms with Gasteiger partial charge in [0.15, 0.2) is 0 Å². The first-order chi connectivity index (χ1) is 12.6. The van der Waals surface area contributed by atoms with E-state index in [-0.39, 0.29) is 4.90 Å². The Balaban J connectivity index is 1.93. The van der Waals surface area contributed by atoms with Crippen LogP contribution in [0.1, 0.15) is 0 Å². The smallest absolute Gasteiger partial charge is 0.264 e. The zero-order valence-corrected chi connectivity index (χ0v) is 15.7. The Kier molecular flexibility index (Phi) is 4.36. The van der Waals surface area contributed by atoms with Crippen molar-refractivity contribution in [1.82, 2.24) is 9.97 Å². The number of hydrogen-bond acceptors (Lipinski definition) is 5. The number of anilines is 2. The fraction of sp³-hybridized carbons (Fsp3) is 0. The molecule has 8 heteroatoms. The molecule has 5 nitrogen and oxygen atoms in total. The Morgan fingerprint density at radius 3 is 2.62 bits per heavy atom. The van der Waals surface area contributed by atoms with Crippen molar-refractivity contribution in [3.8, 4) is 0 Å². The summed E-state index contributed by atoms with van der Waals surface area (Å²) in [5, 5.41) is 4.04. The number of sulfonamides is 1. The quantitative estimate of drug-likeness (QED) is 0.489. The zero-order valence-electron chi connectivity index (χ0n) is 13.3. The molecule has 0 fully saturated rings. The molecule has 0 amide bonds.